The normalized spacial score (nSPS) is 10.3. The van der Waals surface area contributed by atoms with Crippen LogP contribution in [-0.4, -0.2) is 26.1 Å². The van der Waals surface area contributed by atoms with Gasteiger partial charge >= 0.3 is 5.97 Å². The molecule has 1 N–H and O–H groups in total. The van der Waals surface area contributed by atoms with Crippen LogP contribution in [0.5, 0.6) is 0 Å². The number of carbonyl (C=O) groups is 1. The molecule has 0 spiro atoms. The molecule has 1 aromatic heterocycles. The van der Waals surface area contributed by atoms with Crippen molar-refractivity contribution in [2.75, 3.05) is 0 Å². The SMILES string of the molecule is O=C(O)c1cnnn1Cc1cccc(F)c1. The number of halogens is 1. The van der Waals surface area contributed by atoms with Crippen molar-refractivity contribution in [3.05, 3.63) is 47.5 Å². The van der Waals surface area contributed by atoms with Crippen LogP contribution < -0.4 is 0 Å². The molecule has 0 unspecified atom stereocenters. The van der Waals surface area contributed by atoms with E-state index in [0.29, 0.717) is 5.56 Å². The molecule has 5 nitrogen and oxygen atoms in total. The summed E-state index contributed by atoms with van der Waals surface area (Å²) in [5.74, 6) is -1.48. The lowest BCUT2D eigenvalue weighted by atomic mass is 10.2. The van der Waals surface area contributed by atoms with Crippen molar-refractivity contribution in [2.24, 2.45) is 0 Å². The van der Waals surface area contributed by atoms with E-state index in [0.717, 1.165) is 6.20 Å². The Morgan fingerprint density at radius 1 is 1.50 bits per heavy atom. The first kappa shape index (κ1) is 10.3. The van der Waals surface area contributed by atoms with Crippen molar-refractivity contribution in [1.29, 1.82) is 0 Å². The minimum atomic E-state index is -1.11. The summed E-state index contributed by atoms with van der Waals surface area (Å²) in [4.78, 5) is 10.8. The molecule has 16 heavy (non-hydrogen) atoms. The zero-order valence-electron chi connectivity index (χ0n) is 8.17. The predicted molar refractivity (Wildman–Crippen MR) is 52.5 cm³/mol. The topological polar surface area (TPSA) is 68.0 Å². The zero-order chi connectivity index (χ0) is 11.5. The average molecular weight is 221 g/mol. The molecule has 0 aliphatic heterocycles. The van der Waals surface area contributed by atoms with Crippen LogP contribution in [0.2, 0.25) is 0 Å². The summed E-state index contributed by atoms with van der Waals surface area (Å²) in [5, 5.41) is 15.9. The Bertz CT molecular complexity index is 524. The molecule has 0 saturated heterocycles. The second-order valence-corrected chi connectivity index (χ2v) is 3.21. The Hall–Kier alpha value is -2.24. The molecule has 82 valence electrons. The molecule has 0 atom stereocenters. The fraction of sp³-hybridized carbons (Fsp3) is 0.100. The Labute approximate surface area is 90.1 Å². The summed E-state index contributed by atoms with van der Waals surface area (Å²) in [5.41, 5.74) is 0.609. The smallest absolute Gasteiger partial charge is 0.355 e. The summed E-state index contributed by atoms with van der Waals surface area (Å²) < 4.78 is 14.1. The number of rotatable bonds is 3. The van der Waals surface area contributed by atoms with Crippen molar-refractivity contribution in [2.45, 2.75) is 6.54 Å². The first-order chi connectivity index (χ1) is 7.66. The van der Waals surface area contributed by atoms with Crippen LogP contribution in [0, 0.1) is 5.82 Å². The molecule has 1 heterocycles. The van der Waals surface area contributed by atoms with Crippen LogP contribution >= 0.6 is 0 Å². The number of benzene rings is 1. The van der Waals surface area contributed by atoms with Gasteiger partial charge in [0.2, 0.25) is 0 Å². The molecule has 0 saturated carbocycles. The highest BCUT2D eigenvalue weighted by Crippen LogP contribution is 2.06. The van der Waals surface area contributed by atoms with E-state index >= 15 is 0 Å². The molecule has 0 radical (unpaired) electrons. The van der Waals surface area contributed by atoms with Gasteiger partial charge in [0.15, 0.2) is 5.69 Å². The molecule has 6 heteroatoms. The lowest BCUT2D eigenvalue weighted by molar-refractivity contribution is 0.0684. The van der Waals surface area contributed by atoms with Gasteiger partial charge in [0.1, 0.15) is 5.82 Å². The molecule has 0 aliphatic rings. The van der Waals surface area contributed by atoms with E-state index in [4.69, 9.17) is 5.11 Å². The lowest BCUT2D eigenvalue weighted by Gasteiger charge is -2.03. The van der Waals surface area contributed by atoms with E-state index in [2.05, 4.69) is 10.3 Å². The van der Waals surface area contributed by atoms with Gasteiger partial charge < -0.3 is 5.11 Å². The van der Waals surface area contributed by atoms with Crippen LogP contribution in [0.1, 0.15) is 16.1 Å². The molecular weight excluding hydrogens is 213 g/mol. The largest absolute Gasteiger partial charge is 0.476 e. The van der Waals surface area contributed by atoms with Crippen LogP contribution in [0.25, 0.3) is 0 Å². The monoisotopic (exact) mass is 221 g/mol. The highest BCUT2D eigenvalue weighted by atomic mass is 19.1. The summed E-state index contributed by atoms with van der Waals surface area (Å²) >= 11 is 0. The maximum atomic E-state index is 12.9. The minimum absolute atomic E-state index is 0.0238. The second-order valence-electron chi connectivity index (χ2n) is 3.21. The molecule has 0 fully saturated rings. The summed E-state index contributed by atoms with van der Waals surface area (Å²) in [6, 6.07) is 5.90. The third-order valence-corrected chi connectivity index (χ3v) is 2.06. The van der Waals surface area contributed by atoms with Gasteiger partial charge in [0, 0.05) is 0 Å². The van der Waals surface area contributed by atoms with Crippen LogP contribution in [0.3, 0.4) is 0 Å². The van der Waals surface area contributed by atoms with Gasteiger partial charge in [-0.15, -0.1) is 5.10 Å². The van der Waals surface area contributed by atoms with E-state index in [-0.39, 0.29) is 18.1 Å². The van der Waals surface area contributed by atoms with Crippen molar-refractivity contribution in [1.82, 2.24) is 15.0 Å². The number of hydrogen-bond acceptors (Lipinski definition) is 3. The van der Waals surface area contributed by atoms with Gasteiger partial charge in [-0.25, -0.2) is 13.9 Å². The first-order valence-corrected chi connectivity index (χ1v) is 4.53. The van der Waals surface area contributed by atoms with Crippen molar-refractivity contribution < 1.29 is 14.3 Å². The van der Waals surface area contributed by atoms with Crippen molar-refractivity contribution in [3.63, 3.8) is 0 Å². The maximum Gasteiger partial charge on any atom is 0.355 e. The standard InChI is InChI=1S/C10H8FN3O2/c11-8-3-1-2-7(4-8)6-14-9(10(15)16)5-12-13-14/h1-5H,6H2,(H,15,16). The number of aromatic nitrogens is 3. The number of nitrogens with zero attached hydrogens (tertiary/aromatic N) is 3. The Kier molecular flexibility index (Phi) is 2.63. The third-order valence-electron chi connectivity index (χ3n) is 2.06. The fourth-order valence-electron chi connectivity index (χ4n) is 1.35. The Balaban J connectivity index is 2.27. The van der Waals surface area contributed by atoms with E-state index in [9.17, 15) is 9.18 Å². The quantitative estimate of drug-likeness (QED) is 0.844. The predicted octanol–water partition coefficient (Wildman–Crippen LogP) is 1.16. The number of carboxylic acid groups (broad SMARTS) is 1. The highest BCUT2D eigenvalue weighted by Gasteiger charge is 2.11. The molecule has 1 aromatic carbocycles. The van der Waals surface area contributed by atoms with Gasteiger partial charge in [-0.3, -0.25) is 0 Å². The van der Waals surface area contributed by atoms with E-state index in [1.54, 1.807) is 12.1 Å². The fourth-order valence-corrected chi connectivity index (χ4v) is 1.35. The second kappa shape index (κ2) is 4.09. The number of aromatic carboxylic acids is 1. The van der Waals surface area contributed by atoms with Gasteiger partial charge in [-0.05, 0) is 17.7 Å². The Morgan fingerprint density at radius 3 is 3.00 bits per heavy atom. The van der Waals surface area contributed by atoms with Crippen LogP contribution in [-0.2, 0) is 6.54 Å². The van der Waals surface area contributed by atoms with Crippen LogP contribution in [0.15, 0.2) is 30.5 Å². The summed E-state index contributed by atoms with van der Waals surface area (Å²) in [7, 11) is 0. The molecule has 0 aliphatic carbocycles. The molecule has 2 aromatic rings. The third kappa shape index (κ3) is 2.05. The number of hydrogen-bond donors (Lipinski definition) is 1. The average Bonchev–Trinajstić information content (AvgIpc) is 2.66. The van der Waals surface area contributed by atoms with Gasteiger partial charge in [-0.1, -0.05) is 17.3 Å². The van der Waals surface area contributed by atoms with E-state index in [1.807, 2.05) is 0 Å². The van der Waals surface area contributed by atoms with Crippen LogP contribution in [0.4, 0.5) is 4.39 Å². The Morgan fingerprint density at radius 2 is 2.31 bits per heavy atom. The number of carboxylic acids is 1. The zero-order valence-corrected chi connectivity index (χ0v) is 8.17. The molecular formula is C10H8FN3O2. The summed E-state index contributed by atoms with van der Waals surface area (Å²) in [6.07, 6.45) is 1.15. The lowest BCUT2D eigenvalue weighted by Crippen LogP contribution is -2.11. The molecule has 0 amide bonds. The van der Waals surface area contributed by atoms with Gasteiger partial charge in [-0.2, -0.15) is 0 Å². The van der Waals surface area contributed by atoms with Gasteiger partial charge in [0.05, 0.1) is 12.7 Å². The maximum absolute atomic E-state index is 12.9. The molecule has 2 rings (SSSR count). The minimum Gasteiger partial charge on any atom is -0.476 e. The van der Waals surface area contributed by atoms with Crippen molar-refractivity contribution in [3.8, 4) is 0 Å². The molecule has 0 bridgehead atoms. The van der Waals surface area contributed by atoms with E-state index < -0.39 is 5.97 Å². The summed E-state index contributed by atoms with van der Waals surface area (Å²) in [6.45, 7) is 0.180. The first-order valence-electron chi connectivity index (χ1n) is 4.53. The van der Waals surface area contributed by atoms with Gasteiger partial charge in [0.25, 0.3) is 0 Å². The van der Waals surface area contributed by atoms with Crippen molar-refractivity contribution >= 4 is 5.97 Å². The van der Waals surface area contributed by atoms with E-state index in [1.165, 1.54) is 16.8 Å². The highest BCUT2D eigenvalue weighted by molar-refractivity contribution is 5.85.